The van der Waals surface area contributed by atoms with Crippen molar-refractivity contribution in [2.45, 2.75) is 46.2 Å². The maximum Gasteiger partial charge on any atom is 0.224 e. The van der Waals surface area contributed by atoms with Gasteiger partial charge in [0.15, 0.2) is 0 Å². The highest BCUT2D eigenvalue weighted by molar-refractivity contribution is 5.93. The zero-order valence-corrected chi connectivity index (χ0v) is 14.3. The minimum absolute atomic E-state index is 0.106. The highest BCUT2D eigenvalue weighted by Crippen LogP contribution is 2.38. The molecule has 3 nitrogen and oxygen atoms in total. The number of nitrogens with one attached hydrogen (secondary N) is 1. The minimum atomic E-state index is 0.106. The Morgan fingerprint density at radius 2 is 1.87 bits per heavy atom. The van der Waals surface area contributed by atoms with E-state index in [1.54, 1.807) is 6.92 Å². The second-order valence-electron chi connectivity index (χ2n) is 6.53. The first-order valence-corrected chi connectivity index (χ1v) is 8.20. The number of carbonyl (C=O) groups excluding carboxylic acids is 1. The average Bonchev–Trinajstić information content (AvgIpc) is 2.50. The van der Waals surface area contributed by atoms with E-state index in [-0.39, 0.29) is 18.0 Å². The molecule has 0 aromatic heterocycles. The summed E-state index contributed by atoms with van der Waals surface area (Å²) in [4.78, 5) is 13.9. The molecule has 1 aliphatic rings. The Labute approximate surface area is 138 Å². The molecule has 2 aromatic carbocycles. The number of rotatable bonds is 2. The number of hydrogen-bond donors (Lipinski definition) is 1. The Morgan fingerprint density at radius 3 is 2.57 bits per heavy atom. The predicted octanol–water partition coefficient (Wildman–Crippen LogP) is 4.60. The van der Waals surface area contributed by atoms with Gasteiger partial charge in [0, 0.05) is 24.3 Å². The summed E-state index contributed by atoms with van der Waals surface area (Å²) in [5, 5.41) is 3.66. The van der Waals surface area contributed by atoms with Crippen LogP contribution in [0, 0.1) is 13.8 Å². The van der Waals surface area contributed by atoms with Crippen molar-refractivity contribution in [3.8, 4) is 0 Å². The third-order valence-corrected chi connectivity index (χ3v) is 4.78. The first-order chi connectivity index (χ1) is 11.0. The van der Waals surface area contributed by atoms with Crippen molar-refractivity contribution in [3.63, 3.8) is 0 Å². The fourth-order valence-electron chi connectivity index (χ4n) is 3.46. The lowest BCUT2D eigenvalue weighted by Crippen LogP contribution is -2.43. The van der Waals surface area contributed by atoms with Crippen LogP contribution in [0.1, 0.15) is 43.0 Å². The molecule has 2 aromatic rings. The van der Waals surface area contributed by atoms with Crippen LogP contribution in [0.3, 0.4) is 0 Å². The van der Waals surface area contributed by atoms with Gasteiger partial charge < -0.3 is 10.2 Å². The minimum Gasteiger partial charge on any atom is -0.378 e. The maximum atomic E-state index is 12.0. The molecule has 2 atom stereocenters. The molecule has 1 heterocycles. The summed E-state index contributed by atoms with van der Waals surface area (Å²) in [5.41, 5.74) is 5.95. The van der Waals surface area contributed by atoms with Crippen LogP contribution in [0.5, 0.6) is 0 Å². The van der Waals surface area contributed by atoms with Crippen molar-refractivity contribution in [2.24, 2.45) is 0 Å². The molecule has 0 radical (unpaired) electrons. The van der Waals surface area contributed by atoms with Gasteiger partial charge in [-0.1, -0.05) is 24.3 Å². The number of amides is 1. The summed E-state index contributed by atoms with van der Waals surface area (Å²) in [6.07, 6.45) is 0.906. The largest absolute Gasteiger partial charge is 0.378 e. The van der Waals surface area contributed by atoms with Crippen molar-refractivity contribution in [3.05, 3.63) is 59.2 Å². The van der Waals surface area contributed by atoms with Gasteiger partial charge in [-0.3, -0.25) is 4.79 Å². The zero-order chi connectivity index (χ0) is 16.6. The lowest BCUT2D eigenvalue weighted by atomic mass is 9.91. The van der Waals surface area contributed by atoms with Gasteiger partial charge >= 0.3 is 0 Å². The lowest BCUT2D eigenvalue weighted by molar-refractivity contribution is -0.117. The summed E-state index contributed by atoms with van der Waals surface area (Å²) in [7, 11) is 0. The van der Waals surface area contributed by atoms with Crippen LogP contribution in [0.2, 0.25) is 0 Å². The van der Waals surface area contributed by atoms with Gasteiger partial charge in [0.1, 0.15) is 0 Å². The van der Waals surface area contributed by atoms with Crippen molar-refractivity contribution in [1.29, 1.82) is 0 Å². The Kier molecular flexibility index (Phi) is 4.12. The zero-order valence-electron chi connectivity index (χ0n) is 14.3. The molecule has 0 spiro atoms. The predicted molar refractivity (Wildman–Crippen MR) is 96.0 cm³/mol. The van der Waals surface area contributed by atoms with E-state index in [2.05, 4.69) is 50.4 Å². The maximum absolute atomic E-state index is 12.0. The standard InChI is InChI=1S/C20H24N2O/c1-13-9-10-17(11-14(13)2)21-19-12-15(3)22(16(4)23)20-8-6-5-7-18(19)20/h5-11,15,19,21H,12H2,1-4H3/t15-,19+/m1/s1. The topological polar surface area (TPSA) is 32.3 Å². The van der Waals surface area contributed by atoms with Crippen molar-refractivity contribution in [2.75, 3.05) is 10.2 Å². The summed E-state index contributed by atoms with van der Waals surface area (Å²) in [6, 6.07) is 15.1. The molecular formula is C20H24N2O. The van der Waals surface area contributed by atoms with Gasteiger partial charge in [-0.15, -0.1) is 0 Å². The van der Waals surface area contributed by atoms with Gasteiger partial charge in [-0.05, 0) is 62.1 Å². The van der Waals surface area contributed by atoms with Crippen molar-refractivity contribution < 1.29 is 4.79 Å². The smallest absolute Gasteiger partial charge is 0.224 e. The lowest BCUT2D eigenvalue weighted by Gasteiger charge is -2.39. The number of benzene rings is 2. The third kappa shape index (κ3) is 2.96. The Hall–Kier alpha value is -2.29. The monoisotopic (exact) mass is 308 g/mol. The fourth-order valence-corrected chi connectivity index (χ4v) is 3.46. The van der Waals surface area contributed by atoms with E-state index in [0.29, 0.717) is 0 Å². The van der Waals surface area contributed by atoms with Gasteiger partial charge in [-0.25, -0.2) is 0 Å². The highest BCUT2D eigenvalue weighted by Gasteiger charge is 2.31. The number of anilines is 2. The second kappa shape index (κ2) is 6.07. The van der Waals surface area contributed by atoms with E-state index in [1.807, 2.05) is 23.1 Å². The molecule has 0 bridgehead atoms. The van der Waals surface area contributed by atoms with Crippen LogP contribution < -0.4 is 10.2 Å². The fraction of sp³-hybridized carbons (Fsp3) is 0.350. The van der Waals surface area contributed by atoms with E-state index in [4.69, 9.17) is 0 Å². The molecular weight excluding hydrogens is 284 g/mol. The second-order valence-corrected chi connectivity index (χ2v) is 6.53. The average molecular weight is 308 g/mol. The summed E-state index contributed by atoms with van der Waals surface area (Å²) in [5.74, 6) is 0.106. The van der Waals surface area contributed by atoms with E-state index in [9.17, 15) is 4.79 Å². The molecule has 1 aliphatic heterocycles. The molecule has 0 saturated carbocycles. The van der Waals surface area contributed by atoms with Gasteiger partial charge in [0.25, 0.3) is 0 Å². The molecule has 1 amide bonds. The van der Waals surface area contributed by atoms with Crippen molar-refractivity contribution in [1.82, 2.24) is 0 Å². The molecule has 3 rings (SSSR count). The van der Waals surface area contributed by atoms with E-state index in [1.165, 1.54) is 16.7 Å². The van der Waals surface area contributed by atoms with Gasteiger partial charge in [0.05, 0.1) is 6.04 Å². The normalized spacial score (nSPS) is 20.1. The quantitative estimate of drug-likeness (QED) is 0.879. The van der Waals surface area contributed by atoms with Crippen LogP contribution >= 0.6 is 0 Å². The molecule has 0 fully saturated rings. The molecule has 0 unspecified atom stereocenters. The van der Waals surface area contributed by atoms with Crippen LogP contribution in [-0.4, -0.2) is 11.9 Å². The molecule has 23 heavy (non-hydrogen) atoms. The summed E-state index contributed by atoms with van der Waals surface area (Å²) in [6.45, 7) is 8.02. The van der Waals surface area contributed by atoms with Gasteiger partial charge in [0.2, 0.25) is 5.91 Å². The summed E-state index contributed by atoms with van der Waals surface area (Å²) >= 11 is 0. The van der Waals surface area contributed by atoms with Crippen LogP contribution in [-0.2, 0) is 4.79 Å². The first kappa shape index (κ1) is 15.6. The van der Waals surface area contributed by atoms with E-state index in [0.717, 1.165) is 17.8 Å². The number of aryl methyl sites for hydroxylation is 2. The first-order valence-electron chi connectivity index (χ1n) is 8.20. The van der Waals surface area contributed by atoms with Crippen LogP contribution in [0.4, 0.5) is 11.4 Å². The third-order valence-electron chi connectivity index (χ3n) is 4.78. The Morgan fingerprint density at radius 1 is 1.13 bits per heavy atom. The number of carbonyl (C=O) groups is 1. The Bertz CT molecular complexity index is 738. The number of para-hydroxylation sites is 1. The summed E-state index contributed by atoms with van der Waals surface area (Å²) < 4.78 is 0. The SMILES string of the molecule is CC(=O)N1c2ccccc2[C@@H](Nc2ccc(C)c(C)c2)C[C@H]1C. The number of fused-ring (bicyclic) bond motifs is 1. The highest BCUT2D eigenvalue weighted by atomic mass is 16.2. The van der Waals surface area contributed by atoms with Crippen LogP contribution in [0.25, 0.3) is 0 Å². The molecule has 0 aliphatic carbocycles. The van der Waals surface area contributed by atoms with Crippen molar-refractivity contribution >= 4 is 17.3 Å². The van der Waals surface area contributed by atoms with E-state index < -0.39 is 0 Å². The number of nitrogens with zero attached hydrogens (tertiary/aromatic N) is 1. The van der Waals surface area contributed by atoms with Gasteiger partial charge in [-0.2, -0.15) is 0 Å². The molecule has 1 N–H and O–H groups in total. The molecule has 120 valence electrons. The Balaban J connectivity index is 1.95. The van der Waals surface area contributed by atoms with Crippen LogP contribution in [0.15, 0.2) is 42.5 Å². The van der Waals surface area contributed by atoms with E-state index >= 15 is 0 Å². The number of hydrogen-bond acceptors (Lipinski definition) is 2. The molecule has 0 saturated heterocycles. The molecule has 3 heteroatoms.